The molecule has 2 saturated carbocycles. The standard InChI is InChI=1S/C50H67N3O10/c1-27-21-37-43(52-20-9-8-12-32-25-38-36-16-14-31-24-33(54)15-17-34(31)35(36)18-19-50(38,5)47(32)58)40(55)26-39(45(37)57)53-48(59)28(2)11-10-13-41(61-6)46(63-49(51)60)30(4)23-29(3)44(56)42(22-27)62-7/h8-11,13,15,17,23-24,26-27,29,32,35-36,38,41-42,44,46-47,52,54,56,58H,12,14,16,18-22,25H2,1-7H3,(H2,51,60)(H,53,59)/b9-8+,13-10-,28-11+,30-23+/t27-,29?,32-,35?,36?,38?,41+,42-,44+,46+,47+,50+/m1/s1. The molecule has 4 aliphatic carbocycles. The fourth-order valence-electron chi connectivity index (χ4n) is 11.2. The maximum atomic E-state index is 14.2. The fraction of sp³-hybridized carbons (Fsp3) is 0.560. The molecule has 13 heteroatoms. The number of nitrogens with one attached hydrogen (secondary N) is 2. The first-order valence-corrected chi connectivity index (χ1v) is 22.4. The van der Waals surface area contributed by atoms with Crippen molar-refractivity contribution in [2.45, 2.75) is 122 Å². The Kier molecular flexibility index (Phi) is 15.4. The summed E-state index contributed by atoms with van der Waals surface area (Å²) in [6, 6.07) is 5.81. The quantitative estimate of drug-likeness (QED) is 0.129. The number of rotatable bonds is 8. The summed E-state index contributed by atoms with van der Waals surface area (Å²) in [6.07, 6.45) is 12.8. The van der Waals surface area contributed by atoms with Gasteiger partial charge in [-0.05, 0) is 129 Å². The third kappa shape index (κ3) is 10.4. The largest absolute Gasteiger partial charge is 0.508 e. The fourth-order valence-corrected chi connectivity index (χ4v) is 11.2. The number of hydrogen-bond acceptors (Lipinski definition) is 11. The number of nitrogens with two attached hydrogens (primary N) is 1. The van der Waals surface area contributed by atoms with E-state index in [1.165, 1.54) is 31.4 Å². The van der Waals surface area contributed by atoms with Crippen molar-refractivity contribution < 1.29 is 48.7 Å². The van der Waals surface area contributed by atoms with Gasteiger partial charge in [0.1, 0.15) is 11.9 Å². The average Bonchev–Trinajstić information content (AvgIpc) is 3.50. The number of fused-ring (bicyclic) bond motifs is 7. The van der Waals surface area contributed by atoms with Gasteiger partial charge in [-0.3, -0.25) is 14.4 Å². The van der Waals surface area contributed by atoms with Crippen LogP contribution in [0.2, 0.25) is 0 Å². The minimum Gasteiger partial charge on any atom is -0.508 e. The van der Waals surface area contributed by atoms with Crippen LogP contribution in [0.1, 0.15) is 96.6 Å². The van der Waals surface area contributed by atoms with E-state index < -0.39 is 60.0 Å². The van der Waals surface area contributed by atoms with Crippen LogP contribution in [-0.4, -0.2) is 90.2 Å². The van der Waals surface area contributed by atoms with Gasteiger partial charge >= 0.3 is 6.09 Å². The number of benzene rings is 1. The van der Waals surface area contributed by atoms with Gasteiger partial charge in [-0.1, -0.05) is 63.3 Å². The number of hydrogen-bond donors (Lipinski definition) is 6. The Labute approximate surface area is 371 Å². The lowest BCUT2D eigenvalue weighted by atomic mass is 9.55. The number of aliphatic hydroxyl groups excluding tert-OH is 2. The van der Waals surface area contributed by atoms with E-state index in [0.717, 1.165) is 38.2 Å². The van der Waals surface area contributed by atoms with E-state index in [-0.39, 0.29) is 52.8 Å². The van der Waals surface area contributed by atoms with Crippen molar-refractivity contribution in [1.82, 2.24) is 10.6 Å². The van der Waals surface area contributed by atoms with E-state index in [4.69, 9.17) is 19.9 Å². The molecule has 0 aromatic heterocycles. The van der Waals surface area contributed by atoms with Crippen LogP contribution in [0.5, 0.6) is 5.75 Å². The highest BCUT2D eigenvalue weighted by Gasteiger charge is 2.57. The van der Waals surface area contributed by atoms with E-state index in [2.05, 4.69) is 29.7 Å². The van der Waals surface area contributed by atoms with Gasteiger partial charge < -0.3 is 45.9 Å². The average molecular weight is 870 g/mol. The Hall–Kier alpha value is -4.82. The minimum absolute atomic E-state index is 0.0998. The monoisotopic (exact) mass is 869 g/mol. The number of aryl methyl sites for hydroxylation is 1. The number of amides is 2. The number of Topliss-reactive ketones (excluding diaryl/α,β-unsaturated/α-hetero) is 1. The number of ketones is 2. The Morgan fingerprint density at radius 2 is 1.83 bits per heavy atom. The smallest absolute Gasteiger partial charge is 0.405 e. The van der Waals surface area contributed by atoms with Crippen LogP contribution >= 0.6 is 0 Å². The molecule has 1 aromatic carbocycles. The van der Waals surface area contributed by atoms with Crippen molar-refractivity contribution in [2.75, 3.05) is 20.8 Å². The number of primary amides is 1. The lowest BCUT2D eigenvalue weighted by molar-refractivity contribution is -0.120. The highest BCUT2D eigenvalue weighted by atomic mass is 16.6. The lowest BCUT2D eigenvalue weighted by Gasteiger charge is -2.50. The Morgan fingerprint density at radius 1 is 1.06 bits per heavy atom. The van der Waals surface area contributed by atoms with Crippen LogP contribution in [0.4, 0.5) is 4.79 Å². The SMILES string of the molecule is CO[C@H]1/C=C\C=C(/C)C(=O)NC2=CC(=O)C(NC/C=C/C[C@@H]3CC4C5CCc6cc(O)ccc6C5CC[C@]4(C)[C@H]3O)=C(C[C@@H](C)C[C@@H](OC)[C@@H](O)C(C)/C=C(\C)[C@@H]1OC(N)=O)C2=O. The topological polar surface area (TPSA) is 207 Å². The Morgan fingerprint density at radius 3 is 2.54 bits per heavy atom. The summed E-state index contributed by atoms with van der Waals surface area (Å²) in [6.45, 7) is 9.56. The summed E-state index contributed by atoms with van der Waals surface area (Å²) in [5, 5.41) is 39.2. The second-order valence-corrected chi connectivity index (χ2v) is 18.8. The van der Waals surface area contributed by atoms with Crippen LogP contribution in [0.15, 0.2) is 88.8 Å². The van der Waals surface area contributed by atoms with Crippen molar-refractivity contribution in [2.24, 2.45) is 40.7 Å². The molecule has 1 heterocycles. The Bertz CT molecular complexity index is 2100. The predicted octanol–water partition coefficient (Wildman–Crippen LogP) is 6.15. The number of carbonyl (C=O) groups excluding carboxylic acids is 4. The van der Waals surface area contributed by atoms with Gasteiger partial charge in [0.15, 0.2) is 6.10 Å². The lowest BCUT2D eigenvalue weighted by Crippen LogP contribution is -2.44. The maximum absolute atomic E-state index is 14.2. The molecule has 1 aromatic rings. The maximum Gasteiger partial charge on any atom is 0.405 e. The van der Waals surface area contributed by atoms with Crippen LogP contribution in [0.3, 0.4) is 0 Å². The molecule has 12 atom stereocenters. The van der Waals surface area contributed by atoms with Crippen molar-refractivity contribution in [3.05, 3.63) is 100.0 Å². The number of phenols is 1. The third-order valence-corrected chi connectivity index (χ3v) is 14.6. The van der Waals surface area contributed by atoms with Crippen LogP contribution < -0.4 is 16.4 Å². The van der Waals surface area contributed by atoms with Gasteiger partial charge in [0.2, 0.25) is 11.6 Å². The number of ether oxygens (including phenoxy) is 3. The molecule has 2 fully saturated rings. The molecule has 7 N–H and O–H groups in total. The third-order valence-electron chi connectivity index (χ3n) is 14.6. The summed E-state index contributed by atoms with van der Waals surface area (Å²) in [4.78, 5) is 53.3. The summed E-state index contributed by atoms with van der Waals surface area (Å²) < 4.78 is 16.8. The van der Waals surface area contributed by atoms with Gasteiger partial charge in [0.05, 0.1) is 29.7 Å². The molecule has 4 unspecified atom stereocenters. The van der Waals surface area contributed by atoms with Gasteiger partial charge in [-0.15, -0.1) is 0 Å². The molecule has 0 radical (unpaired) electrons. The van der Waals surface area contributed by atoms with Gasteiger partial charge in [0, 0.05) is 43.9 Å². The van der Waals surface area contributed by atoms with Crippen LogP contribution in [0.25, 0.3) is 0 Å². The summed E-state index contributed by atoms with van der Waals surface area (Å²) in [5.41, 5.74) is 8.92. The minimum atomic E-state index is -1.01. The zero-order valence-electron chi connectivity index (χ0n) is 37.8. The molecule has 0 saturated heterocycles. The van der Waals surface area contributed by atoms with Crippen LogP contribution in [-0.2, 0) is 35.0 Å². The normalized spacial score (nSPS) is 36.5. The van der Waals surface area contributed by atoms with Gasteiger partial charge in [-0.2, -0.15) is 0 Å². The zero-order valence-corrected chi connectivity index (χ0v) is 37.8. The summed E-state index contributed by atoms with van der Waals surface area (Å²) in [7, 11) is 2.94. The van der Waals surface area contributed by atoms with E-state index in [1.807, 2.05) is 26.0 Å². The second-order valence-electron chi connectivity index (χ2n) is 18.8. The number of aliphatic hydroxyl groups is 2. The van der Waals surface area contributed by atoms with E-state index in [0.29, 0.717) is 41.9 Å². The highest BCUT2D eigenvalue weighted by molar-refractivity contribution is 6.23. The molecule has 1 aliphatic heterocycles. The van der Waals surface area contributed by atoms with Crippen molar-refractivity contribution in [3.8, 4) is 5.75 Å². The molecule has 2 bridgehead atoms. The number of methoxy groups -OCH3 is 2. The van der Waals surface area contributed by atoms with Crippen molar-refractivity contribution in [3.63, 3.8) is 0 Å². The van der Waals surface area contributed by atoms with E-state index >= 15 is 0 Å². The summed E-state index contributed by atoms with van der Waals surface area (Å²) >= 11 is 0. The molecular formula is C50H67N3O10. The predicted molar refractivity (Wildman–Crippen MR) is 239 cm³/mol. The van der Waals surface area contributed by atoms with Crippen molar-refractivity contribution in [1.29, 1.82) is 0 Å². The first-order chi connectivity index (χ1) is 30.0. The molecule has 13 nitrogen and oxygen atoms in total. The molecule has 0 spiro atoms. The zero-order chi connectivity index (χ0) is 45.7. The van der Waals surface area contributed by atoms with Gasteiger partial charge in [0.25, 0.3) is 5.91 Å². The molecule has 6 rings (SSSR count). The molecule has 2 amide bonds. The molecule has 5 aliphatic rings. The molecule has 342 valence electrons. The van der Waals surface area contributed by atoms with Crippen LogP contribution in [0, 0.1) is 35.0 Å². The summed E-state index contributed by atoms with van der Waals surface area (Å²) in [5.74, 6) is -0.485. The molecule has 63 heavy (non-hydrogen) atoms. The highest BCUT2D eigenvalue weighted by Crippen LogP contribution is 2.62. The number of aromatic hydroxyl groups is 1. The molecular weight excluding hydrogens is 803 g/mol. The number of phenolic OH excluding ortho intramolecular Hbond substituents is 1. The Balaban J connectivity index is 1.19. The van der Waals surface area contributed by atoms with E-state index in [1.54, 1.807) is 38.1 Å². The number of allylic oxidation sites excluding steroid dienone is 5. The number of carbonyl (C=O) groups is 4. The van der Waals surface area contributed by atoms with E-state index in [9.17, 15) is 34.5 Å². The first kappa shape index (κ1) is 47.7. The second kappa shape index (κ2) is 20.3. The van der Waals surface area contributed by atoms with Crippen molar-refractivity contribution >= 4 is 23.6 Å². The first-order valence-electron chi connectivity index (χ1n) is 22.4. The van der Waals surface area contributed by atoms with Gasteiger partial charge in [-0.25, -0.2) is 4.79 Å².